The molecule has 0 saturated carbocycles. The Hall–Kier alpha value is -1.39. The highest BCUT2D eigenvalue weighted by atomic mass is 16.3. The summed E-state index contributed by atoms with van der Waals surface area (Å²) in [4.78, 5) is 12.2. The van der Waals surface area contributed by atoms with Crippen molar-refractivity contribution >= 4 is 11.6 Å². The zero-order valence-corrected chi connectivity index (χ0v) is 10.7. The number of hydrogen-bond donors (Lipinski definition) is 3. The number of rotatable bonds is 3. The van der Waals surface area contributed by atoms with E-state index >= 15 is 0 Å². The highest BCUT2D eigenvalue weighted by molar-refractivity contribution is 5.95. The number of aliphatic hydroxyl groups is 1. The molecule has 1 aliphatic rings. The number of carbonyl (C=O) groups is 1. The number of carbonyl (C=O) groups excluding carboxylic acids is 1. The number of benzene rings is 1. The maximum absolute atomic E-state index is 12.2. The smallest absolute Gasteiger partial charge is 0.231 e. The summed E-state index contributed by atoms with van der Waals surface area (Å²) in [6.07, 6.45) is 1.95. The van der Waals surface area contributed by atoms with E-state index in [0.29, 0.717) is 0 Å². The van der Waals surface area contributed by atoms with Gasteiger partial charge < -0.3 is 15.7 Å². The van der Waals surface area contributed by atoms with Gasteiger partial charge in [-0.15, -0.1) is 0 Å². The molecule has 0 radical (unpaired) electrons. The van der Waals surface area contributed by atoms with E-state index in [1.165, 1.54) is 0 Å². The lowest BCUT2D eigenvalue weighted by Gasteiger charge is -2.32. The summed E-state index contributed by atoms with van der Waals surface area (Å²) >= 11 is 0. The molecule has 4 heteroatoms. The molecule has 1 aromatic carbocycles. The first-order valence-corrected chi connectivity index (χ1v) is 6.36. The normalized spacial score (nSPS) is 23.7. The van der Waals surface area contributed by atoms with Crippen LogP contribution in [-0.2, 0) is 11.4 Å². The number of anilines is 1. The van der Waals surface area contributed by atoms with Crippen LogP contribution in [0, 0.1) is 5.41 Å². The second-order valence-electron chi connectivity index (χ2n) is 5.15. The Morgan fingerprint density at radius 2 is 2.17 bits per heavy atom. The second-order valence-corrected chi connectivity index (χ2v) is 5.15. The van der Waals surface area contributed by atoms with E-state index in [4.69, 9.17) is 5.11 Å². The minimum Gasteiger partial charge on any atom is -0.392 e. The van der Waals surface area contributed by atoms with Crippen LogP contribution in [-0.4, -0.2) is 24.1 Å². The van der Waals surface area contributed by atoms with Gasteiger partial charge in [0.05, 0.1) is 12.0 Å². The van der Waals surface area contributed by atoms with Crippen LogP contribution in [0.5, 0.6) is 0 Å². The van der Waals surface area contributed by atoms with Crippen LogP contribution in [0.15, 0.2) is 24.3 Å². The van der Waals surface area contributed by atoms with Gasteiger partial charge in [0.25, 0.3) is 0 Å². The fourth-order valence-corrected chi connectivity index (χ4v) is 2.23. The Bertz CT molecular complexity index is 408. The molecule has 1 fully saturated rings. The van der Waals surface area contributed by atoms with Crippen molar-refractivity contribution in [3.05, 3.63) is 29.8 Å². The number of amides is 1. The van der Waals surface area contributed by atoms with Crippen LogP contribution >= 0.6 is 0 Å². The van der Waals surface area contributed by atoms with E-state index in [1.807, 2.05) is 31.2 Å². The quantitative estimate of drug-likeness (QED) is 0.760. The highest BCUT2D eigenvalue weighted by Gasteiger charge is 2.34. The summed E-state index contributed by atoms with van der Waals surface area (Å²) in [6, 6.07) is 7.28. The number of aliphatic hydroxyl groups excluding tert-OH is 1. The van der Waals surface area contributed by atoms with E-state index in [1.54, 1.807) is 0 Å². The molecule has 2 rings (SSSR count). The molecular weight excluding hydrogens is 228 g/mol. The van der Waals surface area contributed by atoms with Crippen LogP contribution in [0.3, 0.4) is 0 Å². The first-order valence-electron chi connectivity index (χ1n) is 6.36. The molecule has 18 heavy (non-hydrogen) atoms. The van der Waals surface area contributed by atoms with Crippen molar-refractivity contribution in [1.29, 1.82) is 0 Å². The third-order valence-corrected chi connectivity index (χ3v) is 3.54. The lowest BCUT2D eigenvalue weighted by Crippen LogP contribution is -2.46. The zero-order chi connectivity index (χ0) is 13.0. The lowest BCUT2D eigenvalue weighted by molar-refractivity contribution is -0.125. The third kappa shape index (κ3) is 2.89. The summed E-state index contributed by atoms with van der Waals surface area (Å²) in [6.45, 7) is 3.74. The van der Waals surface area contributed by atoms with Gasteiger partial charge in [-0.3, -0.25) is 4.79 Å². The Morgan fingerprint density at radius 1 is 1.44 bits per heavy atom. The summed E-state index contributed by atoms with van der Waals surface area (Å²) < 4.78 is 0. The average molecular weight is 248 g/mol. The third-order valence-electron chi connectivity index (χ3n) is 3.54. The van der Waals surface area contributed by atoms with Crippen LogP contribution in [0.25, 0.3) is 0 Å². The van der Waals surface area contributed by atoms with E-state index in [-0.39, 0.29) is 17.9 Å². The van der Waals surface area contributed by atoms with Crippen molar-refractivity contribution < 1.29 is 9.90 Å². The SMILES string of the molecule is CC1(C(=O)Nc2ccc(CO)cc2)CCCNC1. The number of hydrogen-bond acceptors (Lipinski definition) is 3. The van der Waals surface area contributed by atoms with Crippen LogP contribution < -0.4 is 10.6 Å². The fourth-order valence-electron chi connectivity index (χ4n) is 2.23. The first kappa shape index (κ1) is 13.1. The Labute approximate surface area is 107 Å². The molecule has 1 atom stereocenters. The maximum atomic E-state index is 12.2. The molecule has 4 nitrogen and oxygen atoms in total. The largest absolute Gasteiger partial charge is 0.392 e. The number of nitrogens with one attached hydrogen (secondary N) is 2. The van der Waals surface area contributed by atoms with E-state index in [9.17, 15) is 4.79 Å². The maximum Gasteiger partial charge on any atom is 0.231 e. The first-order chi connectivity index (χ1) is 8.64. The standard InChI is InChI=1S/C14H20N2O2/c1-14(7-2-8-15-10-14)13(18)16-12-5-3-11(9-17)4-6-12/h3-6,15,17H,2,7-10H2,1H3,(H,16,18). The van der Waals surface area contributed by atoms with Crippen molar-refractivity contribution in [1.82, 2.24) is 5.32 Å². The van der Waals surface area contributed by atoms with Gasteiger partial charge in [0.1, 0.15) is 0 Å². The van der Waals surface area contributed by atoms with E-state index in [2.05, 4.69) is 10.6 Å². The Balaban J connectivity index is 2.01. The monoisotopic (exact) mass is 248 g/mol. The zero-order valence-electron chi connectivity index (χ0n) is 10.7. The molecule has 0 aliphatic carbocycles. The molecule has 1 amide bonds. The van der Waals surface area contributed by atoms with Gasteiger partial charge in [0.2, 0.25) is 5.91 Å². The van der Waals surface area contributed by atoms with E-state index < -0.39 is 0 Å². The van der Waals surface area contributed by atoms with Crippen molar-refractivity contribution in [3.63, 3.8) is 0 Å². The predicted molar refractivity (Wildman–Crippen MR) is 71.2 cm³/mol. The van der Waals surface area contributed by atoms with Crippen molar-refractivity contribution in [2.45, 2.75) is 26.4 Å². The fraction of sp³-hybridized carbons (Fsp3) is 0.500. The molecule has 0 aromatic heterocycles. The van der Waals surface area contributed by atoms with Crippen molar-refractivity contribution in [2.24, 2.45) is 5.41 Å². The topological polar surface area (TPSA) is 61.4 Å². The van der Waals surface area contributed by atoms with Crippen LogP contribution in [0.2, 0.25) is 0 Å². The van der Waals surface area contributed by atoms with Crippen molar-refractivity contribution in [2.75, 3.05) is 18.4 Å². The molecule has 1 aromatic rings. The van der Waals surface area contributed by atoms with E-state index in [0.717, 1.165) is 37.2 Å². The second kappa shape index (κ2) is 5.50. The van der Waals surface area contributed by atoms with Crippen molar-refractivity contribution in [3.8, 4) is 0 Å². The Morgan fingerprint density at radius 3 is 2.72 bits per heavy atom. The predicted octanol–water partition coefficient (Wildman–Crippen LogP) is 1.51. The van der Waals surface area contributed by atoms with Crippen LogP contribution in [0.1, 0.15) is 25.3 Å². The molecular formula is C14H20N2O2. The highest BCUT2D eigenvalue weighted by Crippen LogP contribution is 2.27. The number of piperidine rings is 1. The van der Waals surface area contributed by atoms with Gasteiger partial charge in [-0.1, -0.05) is 12.1 Å². The summed E-state index contributed by atoms with van der Waals surface area (Å²) in [5.74, 6) is 0.0615. The van der Waals surface area contributed by atoms with Gasteiger partial charge in [-0.05, 0) is 44.0 Å². The lowest BCUT2D eigenvalue weighted by atomic mass is 9.82. The molecule has 0 bridgehead atoms. The van der Waals surface area contributed by atoms with Gasteiger partial charge in [-0.25, -0.2) is 0 Å². The van der Waals surface area contributed by atoms with Gasteiger partial charge >= 0.3 is 0 Å². The molecule has 1 aliphatic heterocycles. The van der Waals surface area contributed by atoms with Gasteiger partial charge in [-0.2, -0.15) is 0 Å². The summed E-state index contributed by atoms with van der Waals surface area (Å²) in [7, 11) is 0. The summed E-state index contributed by atoms with van der Waals surface area (Å²) in [5, 5.41) is 15.2. The summed E-state index contributed by atoms with van der Waals surface area (Å²) in [5.41, 5.74) is 1.30. The molecule has 98 valence electrons. The molecule has 1 saturated heterocycles. The molecule has 0 spiro atoms. The van der Waals surface area contributed by atoms with Gasteiger partial charge in [0, 0.05) is 12.2 Å². The molecule has 1 heterocycles. The molecule has 3 N–H and O–H groups in total. The molecule has 1 unspecified atom stereocenters. The average Bonchev–Trinajstić information content (AvgIpc) is 2.40. The van der Waals surface area contributed by atoms with Gasteiger partial charge in [0.15, 0.2) is 0 Å². The minimum atomic E-state index is -0.325. The minimum absolute atomic E-state index is 0.0237. The Kier molecular flexibility index (Phi) is 3.99. The van der Waals surface area contributed by atoms with Crippen LogP contribution in [0.4, 0.5) is 5.69 Å².